The van der Waals surface area contributed by atoms with Crippen LogP contribution in [0.15, 0.2) is 21.5 Å². The molecule has 0 aliphatic heterocycles. The first-order valence-corrected chi connectivity index (χ1v) is 6.51. The van der Waals surface area contributed by atoms with Gasteiger partial charge in [-0.3, -0.25) is 0 Å². The zero-order valence-corrected chi connectivity index (χ0v) is 11.0. The fourth-order valence-electron chi connectivity index (χ4n) is 1.17. The van der Waals surface area contributed by atoms with Gasteiger partial charge in [0.15, 0.2) is 6.19 Å². The summed E-state index contributed by atoms with van der Waals surface area (Å²) in [6, 6.07) is 2.30. The molecule has 8 heteroatoms. The topological polar surface area (TPSA) is 107 Å². The molecule has 1 rings (SSSR count). The Labute approximate surface area is 106 Å². The summed E-state index contributed by atoms with van der Waals surface area (Å²) in [5.74, 6) is -1.25. The highest BCUT2D eigenvalue weighted by Gasteiger charge is 2.20. The molecule has 0 fully saturated rings. The number of hydrogen-bond acceptors (Lipinski definition) is 4. The minimum Gasteiger partial charge on any atom is -0.478 e. The highest BCUT2D eigenvalue weighted by molar-refractivity contribution is 9.10. The molecular formula is C9H7BrN2O4S. The van der Waals surface area contributed by atoms with E-state index in [1.165, 1.54) is 19.2 Å². The molecule has 0 aliphatic rings. The second-order valence-electron chi connectivity index (χ2n) is 3.10. The van der Waals surface area contributed by atoms with Gasteiger partial charge in [-0.2, -0.15) is 5.26 Å². The van der Waals surface area contributed by atoms with Crippen LogP contribution in [-0.4, -0.2) is 19.5 Å². The van der Waals surface area contributed by atoms with Crippen molar-refractivity contribution in [3.05, 3.63) is 27.7 Å². The minimum atomic E-state index is -4.02. The Morgan fingerprint density at radius 3 is 2.59 bits per heavy atom. The summed E-state index contributed by atoms with van der Waals surface area (Å²) in [6.45, 7) is 1.50. The molecule has 0 spiro atoms. The van der Waals surface area contributed by atoms with Crippen molar-refractivity contribution in [3.63, 3.8) is 0 Å². The predicted molar refractivity (Wildman–Crippen MR) is 61.8 cm³/mol. The molecule has 0 saturated heterocycles. The standard InChI is InChI=1S/C9H7BrN2O4S/c1-5-7(10)2-6(9(13)14)3-8(5)17(15,16)12-4-11/h2-3,12H,1H3,(H,13,14). The van der Waals surface area contributed by atoms with E-state index < -0.39 is 16.0 Å². The molecule has 0 unspecified atom stereocenters. The maximum absolute atomic E-state index is 11.6. The zero-order valence-electron chi connectivity index (χ0n) is 8.56. The van der Waals surface area contributed by atoms with E-state index in [0.717, 1.165) is 6.07 Å². The van der Waals surface area contributed by atoms with Crippen LogP contribution < -0.4 is 4.72 Å². The molecule has 0 saturated carbocycles. The van der Waals surface area contributed by atoms with Crippen LogP contribution in [-0.2, 0) is 10.0 Å². The number of carboxylic acids is 1. The highest BCUT2D eigenvalue weighted by Crippen LogP contribution is 2.25. The number of nitriles is 1. The Kier molecular flexibility index (Phi) is 3.75. The second kappa shape index (κ2) is 4.73. The van der Waals surface area contributed by atoms with Crippen molar-refractivity contribution in [1.29, 1.82) is 5.26 Å². The number of carbonyl (C=O) groups is 1. The van der Waals surface area contributed by atoms with Gasteiger partial charge in [-0.05, 0) is 24.6 Å². The third-order valence-corrected chi connectivity index (χ3v) is 4.20. The third-order valence-electron chi connectivity index (χ3n) is 2.01. The van der Waals surface area contributed by atoms with E-state index in [2.05, 4.69) is 15.9 Å². The number of carboxylic acid groups (broad SMARTS) is 1. The van der Waals surface area contributed by atoms with E-state index in [1.54, 1.807) is 4.72 Å². The van der Waals surface area contributed by atoms with Crippen LogP contribution in [0.25, 0.3) is 0 Å². The molecule has 0 heterocycles. The van der Waals surface area contributed by atoms with Gasteiger partial charge in [-0.25, -0.2) is 17.9 Å². The lowest BCUT2D eigenvalue weighted by atomic mass is 10.1. The fraction of sp³-hybridized carbons (Fsp3) is 0.111. The monoisotopic (exact) mass is 318 g/mol. The summed E-state index contributed by atoms with van der Waals surface area (Å²) < 4.78 is 25.2. The maximum atomic E-state index is 11.6. The Balaban J connectivity index is 3.55. The van der Waals surface area contributed by atoms with Gasteiger partial charge in [0.25, 0.3) is 10.0 Å². The van der Waals surface area contributed by atoms with Gasteiger partial charge in [0.05, 0.1) is 10.5 Å². The molecule has 1 aromatic rings. The molecule has 17 heavy (non-hydrogen) atoms. The summed E-state index contributed by atoms with van der Waals surface area (Å²) in [6.07, 6.45) is 1.30. The first-order valence-electron chi connectivity index (χ1n) is 4.24. The van der Waals surface area contributed by atoms with Gasteiger partial charge in [0, 0.05) is 4.47 Å². The van der Waals surface area contributed by atoms with E-state index in [0.29, 0.717) is 10.0 Å². The lowest BCUT2D eigenvalue weighted by Crippen LogP contribution is -2.20. The van der Waals surface area contributed by atoms with Crippen LogP contribution in [0.3, 0.4) is 0 Å². The molecular weight excluding hydrogens is 312 g/mol. The van der Waals surface area contributed by atoms with Crippen LogP contribution in [0, 0.1) is 18.4 Å². The van der Waals surface area contributed by atoms with Crippen molar-refractivity contribution in [2.75, 3.05) is 0 Å². The van der Waals surface area contributed by atoms with Gasteiger partial charge in [-0.15, -0.1) is 0 Å². The lowest BCUT2D eigenvalue weighted by Gasteiger charge is -2.08. The maximum Gasteiger partial charge on any atom is 0.335 e. The van der Waals surface area contributed by atoms with Crippen molar-refractivity contribution < 1.29 is 18.3 Å². The van der Waals surface area contributed by atoms with E-state index in [1.807, 2.05) is 0 Å². The number of benzene rings is 1. The number of sulfonamides is 1. The molecule has 2 N–H and O–H groups in total. The largest absolute Gasteiger partial charge is 0.478 e. The first kappa shape index (κ1) is 13.5. The second-order valence-corrected chi connectivity index (χ2v) is 5.61. The predicted octanol–water partition coefficient (Wildman–Crippen LogP) is 1.22. The first-order chi connectivity index (χ1) is 7.79. The number of nitrogens with zero attached hydrogens (tertiary/aromatic N) is 1. The van der Waals surface area contributed by atoms with Crippen LogP contribution in [0.4, 0.5) is 0 Å². The zero-order chi connectivity index (χ0) is 13.2. The summed E-state index contributed by atoms with van der Waals surface area (Å²) in [7, 11) is -4.02. The summed E-state index contributed by atoms with van der Waals surface area (Å²) in [4.78, 5) is 10.6. The van der Waals surface area contributed by atoms with E-state index in [4.69, 9.17) is 10.4 Å². The van der Waals surface area contributed by atoms with Crippen molar-refractivity contribution >= 4 is 31.9 Å². The Morgan fingerprint density at radius 2 is 2.12 bits per heavy atom. The SMILES string of the molecule is Cc1c(Br)cc(C(=O)O)cc1S(=O)(=O)NC#N. The number of hydrogen-bond donors (Lipinski definition) is 2. The van der Waals surface area contributed by atoms with Gasteiger partial charge in [0.1, 0.15) is 0 Å². The number of rotatable bonds is 3. The summed E-state index contributed by atoms with van der Waals surface area (Å²) in [5, 5.41) is 17.2. The quantitative estimate of drug-likeness (QED) is 0.643. The van der Waals surface area contributed by atoms with Crippen molar-refractivity contribution in [1.82, 2.24) is 4.72 Å². The Hall–Kier alpha value is -1.59. The van der Waals surface area contributed by atoms with Crippen LogP contribution in [0.1, 0.15) is 15.9 Å². The highest BCUT2D eigenvalue weighted by atomic mass is 79.9. The number of aromatic carboxylic acids is 1. The average molecular weight is 319 g/mol. The smallest absolute Gasteiger partial charge is 0.335 e. The normalized spacial score (nSPS) is 10.6. The summed E-state index contributed by atoms with van der Waals surface area (Å²) in [5.41, 5.74) is 0.151. The van der Waals surface area contributed by atoms with Crippen molar-refractivity contribution in [3.8, 4) is 6.19 Å². The molecule has 0 aromatic heterocycles. The molecule has 6 nitrogen and oxygen atoms in total. The van der Waals surface area contributed by atoms with Crippen LogP contribution in [0.2, 0.25) is 0 Å². The molecule has 0 bridgehead atoms. The van der Waals surface area contributed by atoms with Gasteiger partial charge in [-0.1, -0.05) is 15.9 Å². The van der Waals surface area contributed by atoms with Crippen molar-refractivity contribution in [2.45, 2.75) is 11.8 Å². The molecule has 90 valence electrons. The number of nitrogens with one attached hydrogen (secondary N) is 1. The Bertz CT molecular complexity index is 619. The molecule has 0 aliphatic carbocycles. The van der Waals surface area contributed by atoms with E-state index in [9.17, 15) is 13.2 Å². The number of halogens is 1. The van der Waals surface area contributed by atoms with Crippen LogP contribution >= 0.6 is 15.9 Å². The van der Waals surface area contributed by atoms with Gasteiger partial charge in [0.2, 0.25) is 0 Å². The third kappa shape index (κ3) is 2.75. The molecule has 0 amide bonds. The van der Waals surface area contributed by atoms with Gasteiger partial charge < -0.3 is 5.11 Å². The van der Waals surface area contributed by atoms with E-state index in [-0.39, 0.29) is 10.5 Å². The molecule has 0 atom stereocenters. The minimum absolute atomic E-state index is 0.180. The Morgan fingerprint density at radius 1 is 1.53 bits per heavy atom. The molecule has 0 radical (unpaired) electrons. The fourth-order valence-corrected chi connectivity index (χ4v) is 2.79. The summed E-state index contributed by atoms with van der Waals surface area (Å²) >= 11 is 3.07. The van der Waals surface area contributed by atoms with Crippen molar-refractivity contribution in [2.24, 2.45) is 0 Å². The molecule has 1 aromatic carbocycles. The lowest BCUT2D eigenvalue weighted by molar-refractivity contribution is 0.0696. The van der Waals surface area contributed by atoms with Gasteiger partial charge >= 0.3 is 5.97 Å². The average Bonchev–Trinajstić information content (AvgIpc) is 2.21. The van der Waals surface area contributed by atoms with E-state index >= 15 is 0 Å². The van der Waals surface area contributed by atoms with Crippen LogP contribution in [0.5, 0.6) is 0 Å².